The van der Waals surface area contributed by atoms with E-state index in [4.69, 9.17) is 26.8 Å². The van der Waals surface area contributed by atoms with Crippen molar-refractivity contribution in [3.8, 4) is 11.8 Å². The summed E-state index contributed by atoms with van der Waals surface area (Å²) < 4.78 is 10.9. The van der Waals surface area contributed by atoms with Gasteiger partial charge in [-0.25, -0.2) is 0 Å². The van der Waals surface area contributed by atoms with Crippen LogP contribution >= 0.6 is 11.6 Å². The van der Waals surface area contributed by atoms with Crippen LogP contribution in [0.15, 0.2) is 36.4 Å². The number of ether oxygens (including phenoxy) is 2. The average Bonchev–Trinajstić information content (AvgIpc) is 2.40. The fourth-order valence-corrected chi connectivity index (χ4v) is 1.76. The van der Waals surface area contributed by atoms with Gasteiger partial charge in [-0.1, -0.05) is 23.7 Å². The number of benzene rings is 1. The van der Waals surface area contributed by atoms with Crippen LogP contribution < -0.4 is 15.2 Å². The molecule has 0 aliphatic carbocycles. The smallest absolute Gasteiger partial charge is 0.240 e. The molecule has 1 heterocycles. The summed E-state index contributed by atoms with van der Waals surface area (Å²) in [6, 6.07) is 10.9. The Labute approximate surface area is 117 Å². The van der Waals surface area contributed by atoms with Gasteiger partial charge in [-0.3, -0.25) is 0 Å². The SMILES string of the molecule is CCOc1nc(OCc2cccc(Cl)c2)ccc1N. The van der Waals surface area contributed by atoms with Gasteiger partial charge in [-0.05, 0) is 30.7 Å². The molecule has 2 aromatic rings. The van der Waals surface area contributed by atoms with Crippen molar-refractivity contribution < 1.29 is 9.47 Å². The second-order valence-electron chi connectivity index (χ2n) is 3.90. The van der Waals surface area contributed by atoms with Gasteiger partial charge < -0.3 is 15.2 Å². The van der Waals surface area contributed by atoms with E-state index in [0.29, 0.717) is 35.7 Å². The second-order valence-corrected chi connectivity index (χ2v) is 4.33. The zero-order valence-electron chi connectivity index (χ0n) is 10.6. The Morgan fingerprint density at radius 1 is 1.21 bits per heavy atom. The summed E-state index contributed by atoms with van der Waals surface area (Å²) >= 11 is 5.91. The van der Waals surface area contributed by atoms with Gasteiger partial charge >= 0.3 is 0 Å². The summed E-state index contributed by atoms with van der Waals surface area (Å²) in [7, 11) is 0. The monoisotopic (exact) mass is 278 g/mol. The molecule has 100 valence electrons. The molecule has 0 saturated carbocycles. The van der Waals surface area contributed by atoms with E-state index in [1.54, 1.807) is 12.1 Å². The third-order valence-electron chi connectivity index (χ3n) is 2.42. The maximum absolute atomic E-state index is 5.91. The predicted octanol–water partition coefficient (Wildman–Crippen LogP) is 3.29. The lowest BCUT2D eigenvalue weighted by molar-refractivity contribution is 0.280. The molecular formula is C14H15ClN2O2. The molecule has 2 N–H and O–H groups in total. The molecule has 2 rings (SSSR count). The third kappa shape index (κ3) is 3.76. The summed E-state index contributed by atoms with van der Waals surface area (Å²) in [5.41, 5.74) is 7.22. The fraction of sp³-hybridized carbons (Fsp3) is 0.214. The quantitative estimate of drug-likeness (QED) is 0.912. The van der Waals surface area contributed by atoms with E-state index in [1.807, 2.05) is 31.2 Å². The standard InChI is InChI=1S/C14H15ClN2O2/c1-2-18-14-12(16)6-7-13(17-14)19-9-10-4-3-5-11(15)8-10/h3-8H,2,9,16H2,1H3. The molecular weight excluding hydrogens is 264 g/mol. The predicted molar refractivity (Wildman–Crippen MR) is 75.6 cm³/mol. The van der Waals surface area contributed by atoms with Gasteiger partial charge in [0.2, 0.25) is 11.8 Å². The van der Waals surface area contributed by atoms with E-state index >= 15 is 0 Å². The third-order valence-corrected chi connectivity index (χ3v) is 2.66. The molecule has 0 fully saturated rings. The van der Waals surface area contributed by atoms with Crippen LogP contribution in [0.4, 0.5) is 5.69 Å². The highest BCUT2D eigenvalue weighted by Gasteiger charge is 2.05. The minimum absolute atomic E-state index is 0.392. The number of nitrogens with two attached hydrogens (primary N) is 1. The van der Waals surface area contributed by atoms with Crippen molar-refractivity contribution in [2.45, 2.75) is 13.5 Å². The van der Waals surface area contributed by atoms with Gasteiger partial charge in [0, 0.05) is 11.1 Å². The van der Waals surface area contributed by atoms with E-state index < -0.39 is 0 Å². The molecule has 1 aromatic carbocycles. The first-order chi connectivity index (χ1) is 9.19. The Balaban J connectivity index is 2.05. The molecule has 0 aliphatic heterocycles. The number of nitrogen functional groups attached to an aromatic ring is 1. The van der Waals surface area contributed by atoms with E-state index in [-0.39, 0.29) is 0 Å². The molecule has 0 atom stereocenters. The molecule has 1 aromatic heterocycles. The minimum Gasteiger partial charge on any atom is -0.476 e. The van der Waals surface area contributed by atoms with Gasteiger partial charge in [0.1, 0.15) is 6.61 Å². The highest BCUT2D eigenvalue weighted by Crippen LogP contribution is 2.22. The maximum Gasteiger partial charge on any atom is 0.240 e. The van der Waals surface area contributed by atoms with Crippen LogP contribution in [0.3, 0.4) is 0 Å². The van der Waals surface area contributed by atoms with Crippen molar-refractivity contribution in [1.29, 1.82) is 0 Å². The second kappa shape index (κ2) is 6.29. The summed E-state index contributed by atoms with van der Waals surface area (Å²) in [6.45, 7) is 2.78. The van der Waals surface area contributed by atoms with Crippen molar-refractivity contribution >= 4 is 17.3 Å². The number of pyridine rings is 1. The van der Waals surface area contributed by atoms with Crippen LogP contribution in [0.1, 0.15) is 12.5 Å². The first-order valence-electron chi connectivity index (χ1n) is 5.95. The molecule has 0 spiro atoms. The highest BCUT2D eigenvalue weighted by molar-refractivity contribution is 6.30. The van der Waals surface area contributed by atoms with Crippen molar-refractivity contribution in [3.63, 3.8) is 0 Å². The average molecular weight is 279 g/mol. The zero-order valence-corrected chi connectivity index (χ0v) is 11.4. The lowest BCUT2D eigenvalue weighted by Gasteiger charge is -2.09. The molecule has 4 nitrogen and oxygen atoms in total. The van der Waals surface area contributed by atoms with Crippen molar-refractivity contribution in [2.75, 3.05) is 12.3 Å². The lowest BCUT2D eigenvalue weighted by Crippen LogP contribution is -2.02. The summed E-state index contributed by atoms with van der Waals surface area (Å²) in [5, 5.41) is 0.682. The number of halogens is 1. The topological polar surface area (TPSA) is 57.4 Å². The van der Waals surface area contributed by atoms with Crippen LogP contribution in [0.2, 0.25) is 5.02 Å². The maximum atomic E-state index is 5.91. The van der Waals surface area contributed by atoms with Gasteiger partial charge in [-0.2, -0.15) is 4.98 Å². The van der Waals surface area contributed by atoms with Crippen LogP contribution in [-0.4, -0.2) is 11.6 Å². The molecule has 0 unspecified atom stereocenters. The Bertz CT molecular complexity index is 561. The van der Waals surface area contributed by atoms with E-state index in [2.05, 4.69) is 4.98 Å². The van der Waals surface area contributed by atoms with E-state index in [0.717, 1.165) is 5.56 Å². The van der Waals surface area contributed by atoms with Crippen LogP contribution in [-0.2, 0) is 6.61 Å². The van der Waals surface area contributed by atoms with Gasteiger partial charge in [0.05, 0.1) is 12.3 Å². The number of hydrogen-bond acceptors (Lipinski definition) is 4. The first kappa shape index (κ1) is 13.5. The molecule has 19 heavy (non-hydrogen) atoms. The van der Waals surface area contributed by atoms with Gasteiger partial charge in [0.15, 0.2) is 0 Å². The Morgan fingerprint density at radius 2 is 2.05 bits per heavy atom. The molecule has 0 bridgehead atoms. The van der Waals surface area contributed by atoms with Crippen molar-refractivity contribution in [2.24, 2.45) is 0 Å². The summed E-state index contributed by atoms with van der Waals surface area (Å²) in [5.74, 6) is 0.865. The summed E-state index contributed by atoms with van der Waals surface area (Å²) in [4.78, 5) is 4.20. The van der Waals surface area contributed by atoms with Gasteiger partial charge in [-0.15, -0.1) is 0 Å². The van der Waals surface area contributed by atoms with Crippen LogP contribution in [0, 0.1) is 0 Å². The number of rotatable bonds is 5. The number of nitrogens with zero attached hydrogens (tertiary/aromatic N) is 1. The minimum atomic E-state index is 0.392. The van der Waals surface area contributed by atoms with E-state index in [1.165, 1.54) is 0 Å². The molecule has 5 heteroatoms. The Kier molecular flexibility index (Phi) is 4.47. The first-order valence-corrected chi connectivity index (χ1v) is 6.33. The number of hydrogen-bond donors (Lipinski definition) is 1. The molecule has 0 aliphatic rings. The highest BCUT2D eigenvalue weighted by atomic mass is 35.5. The molecule has 0 saturated heterocycles. The van der Waals surface area contributed by atoms with Crippen LogP contribution in [0.5, 0.6) is 11.8 Å². The number of aromatic nitrogens is 1. The largest absolute Gasteiger partial charge is 0.476 e. The molecule has 0 amide bonds. The van der Waals surface area contributed by atoms with Gasteiger partial charge in [0.25, 0.3) is 0 Å². The van der Waals surface area contributed by atoms with Crippen molar-refractivity contribution in [3.05, 3.63) is 47.0 Å². The van der Waals surface area contributed by atoms with Crippen molar-refractivity contribution in [1.82, 2.24) is 4.98 Å². The lowest BCUT2D eigenvalue weighted by atomic mass is 10.2. The molecule has 0 radical (unpaired) electrons. The zero-order chi connectivity index (χ0) is 13.7. The Morgan fingerprint density at radius 3 is 2.79 bits per heavy atom. The number of anilines is 1. The van der Waals surface area contributed by atoms with Crippen LogP contribution in [0.25, 0.3) is 0 Å². The summed E-state index contributed by atoms with van der Waals surface area (Å²) in [6.07, 6.45) is 0. The fourth-order valence-electron chi connectivity index (χ4n) is 1.55. The van der Waals surface area contributed by atoms with E-state index in [9.17, 15) is 0 Å². The Hall–Kier alpha value is -1.94. The normalized spacial score (nSPS) is 10.2.